The molecule has 0 radical (unpaired) electrons. The van der Waals surface area contributed by atoms with Gasteiger partial charge in [0.25, 0.3) is 11.6 Å². The van der Waals surface area contributed by atoms with Crippen LogP contribution in [0, 0.1) is 16.0 Å². The number of carbonyl (C=O) groups is 2. The maximum absolute atomic E-state index is 11.8. The highest BCUT2D eigenvalue weighted by Crippen LogP contribution is 2.30. The van der Waals surface area contributed by atoms with Crippen molar-refractivity contribution in [2.24, 2.45) is 5.92 Å². The fraction of sp³-hybridized carbons (Fsp3) is 0.273. The molecule has 108 valence electrons. The highest BCUT2D eigenvalue weighted by atomic mass is 35.5. The number of nitrogens with zero attached hydrogens (tertiary/aromatic N) is 1. The van der Waals surface area contributed by atoms with Crippen LogP contribution in [0.25, 0.3) is 0 Å². The Hall–Kier alpha value is -1.86. The quantitative estimate of drug-likeness (QED) is 0.639. The number of benzene rings is 1. The van der Waals surface area contributed by atoms with Crippen molar-refractivity contribution < 1.29 is 19.6 Å². The van der Waals surface area contributed by atoms with Gasteiger partial charge in [0.15, 0.2) is 0 Å². The van der Waals surface area contributed by atoms with Gasteiger partial charge in [0, 0.05) is 18.7 Å². The Morgan fingerprint density at radius 2 is 2.05 bits per heavy atom. The van der Waals surface area contributed by atoms with Crippen LogP contribution in [0.15, 0.2) is 12.1 Å². The topological polar surface area (TPSA) is 110 Å². The Morgan fingerprint density at radius 1 is 1.45 bits per heavy atom. The van der Waals surface area contributed by atoms with E-state index in [1.807, 2.05) is 0 Å². The van der Waals surface area contributed by atoms with E-state index in [4.69, 9.17) is 28.3 Å². The summed E-state index contributed by atoms with van der Waals surface area (Å²) in [7, 11) is 0. The van der Waals surface area contributed by atoms with Crippen LogP contribution < -0.4 is 5.32 Å². The van der Waals surface area contributed by atoms with Crippen LogP contribution in [0.5, 0.6) is 0 Å². The molecule has 0 aromatic heterocycles. The predicted molar refractivity (Wildman–Crippen MR) is 72.2 cm³/mol. The van der Waals surface area contributed by atoms with Crippen molar-refractivity contribution in [3.8, 4) is 0 Å². The maximum Gasteiger partial charge on any atom is 0.308 e. The van der Waals surface area contributed by atoms with E-state index in [0.717, 1.165) is 12.1 Å². The van der Waals surface area contributed by atoms with Crippen LogP contribution >= 0.6 is 23.2 Å². The van der Waals surface area contributed by atoms with Crippen molar-refractivity contribution in [3.63, 3.8) is 0 Å². The van der Waals surface area contributed by atoms with Crippen LogP contribution in [0.2, 0.25) is 10.0 Å². The number of aliphatic carboxylic acids is 1. The maximum atomic E-state index is 11.8. The van der Waals surface area contributed by atoms with Gasteiger partial charge in [0.05, 0.1) is 26.4 Å². The second-order valence-electron chi connectivity index (χ2n) is 4.00. The van der Waals surface area contributed by atoms with Crippen molar-refractivity contribution in [1.29, 1.82) is 0 Å². The van der Waals surface area contributed by atoms with E-state index in [2.05, 4.69) is 5.32 Å². The lowest BCUT2D eigenvalue weighted by molar-refractivity contribution is -0.384. The average Bonchev–Trinajstić information content (AvgIpc) is 2.37. The van der Waals surface area contributed by atoms with Gasteiger partial charge in [-0.15, -0.1) is 0 Å². The zero-order valence-corrected chi connectivity index (χ0v) is 11.7. The zero-order chi connectivity index (χ0) is 15.4. The highest BCUT2D eigenvalue weighted by Gasteiger charge is 2.20. The van der Waals surface area contributed by atoms with Crippen LogP contribution in [-0.2, 0) is 4.79 Å². The molecule has 1 aromatic rings. The first kappa shape index (κ1) is 16.2. The van der Waals surface area contributed by atoms with E-state index < -0.39 is 22.7 Å². The summed E-state index contributed by atoms with van der Waals surface area (Å²) in [6.07, 6.45) is 0. The molecule has 0 aliphatic rings. The number of hydrogen-bond acceptors (Lipinski definition) is 4. The van der Waals surface area contributed by atoms with Gasteiger partial charge in [-0.2, -0.15) is 0 Å². The zero-order valence-electron chi connectivity index (χ0n) is 10.2. The molecule has 0 spiro atoms. The summed E-state index contributed by atoms with van der Waals surface area (Å²) in [6.45, 7) is 1.27. The Bertz CT molecular complexity index is 576. The van der Waals surface area contributed by atoms with Gasteiger partial charge in [-0.3, -0.25) is 19.7 Å². The summed E-state index contributed by atoms with van der Waals surface area (Å²) < 4.78 is 0. The minimum atomic E-state index is -1.08. The standard InChI is InChI=1S/C11H10Cl2N2O5/c1-5(11(17)18)4-14-10(16)7-2-6(15(19)20)3-8(12)9(7)13/h2-3,5H,4H2,1H3,(H,14,16)(H,17,18). The molecular weight excluding hydrogens is 311 g/mol. The van der Waals surface area contributed by atoms with Crippen molar-refractivity contribution in [1.82, 2.24) is 5.32 Å². The lowest BCUT2D eigenvalue weighted by atomic mass is 10.1. The number of hydrogen-bond donors (Lipinski definition) is 2. The van der Waals surface area contributed by atoms with E-state index in [1.54, 1.807) is 0 Å². The fourth-order valence-corrected chi connectivity index (χ4v) is 1.68. The molecule has 0 saturated heterocycles. The number of non-ortho nitro benzene ring substituents is 1. The van der Waals surface area contributed by atoms with Crippen LogP contribution in [0.3, 0.4) is 0 Å². The molecule has 1 atom stereocenters. The van der Waals surface area contributed by atoms with Gasteiger partial charge < -0.3 is 10.4 Å². The van der Waals surface area contributed by atoms with Crippen molar-refractivity contribution in [2.75, 3.05) is 6.54 Å². The van der Waals surface area contributed by atoms with E-state index in [9.17, 15) is 19.7 Å². The van der Waals surface area contributed by atoms with E-state index in [1.165, 1.54) is 6.92 Å². The molecule has 20 heavy (non-hydrogen) atoms. The normalized spacial score (nSPS) is 11.8. The fourth-order valence-electron chi connectivity index (χ4n) is 1.27. The van der Waals surface area contributed by atoms with Crippen molar-refractivity contribution >= 4 is 40.8 Å². The number of nitro groups is 1. The number of carboxylic acid groups (broad SMARTS) is 1. The molecule has 0 heterocycles. The molecule has 0 bridgehead atoms. The molecule has 7 nitrogen and oxygen atoms in total. The van der Waals surface area contributed by atoms with Crippen molar-refractivity contribution in [3.05, 3.63) is 37.9 Å². The van der Waals surface area contributed by atoms with E-state index in [-0.39, 0.29) is 27.8 Å². The van der Waals surface area contributed by atoms with Crippen LogP contribution in [0.1, 0.15) is 17.3 Å². The first-order valence-electron chi connectivity index (χ1n) is 5.38. The molecule has 0 aliphatic heterocycles. The van der Waals surface area contributed by atoms with Gasteiger partial charge in [0.1, 0.15) is 0 Å². The molecule has 1 rings (SSSR count). The number of halogens is 2. The summed E-state index contributed by atoms with van der Waals surface area (Å²) >= 11 is 11.5. The monoisotopic (exact) mass is 320 g/mol. The van der Waals surface area contributed by atoms with Gasteiger partial charge >= 0.3 is 5.97 Å². The molecule has 9 heteroatoms. The molecule has 0 saturated carbocycles. The third-order valence-electron chi connectivity index (χ3n) is 2.46. The molecule has 1 unspecified atom stereocenters. The minimum Gasteiger partial charge on any atom is -0.481 e. The highest BCUT2D eigenvalue weighted by molar-refractivity contribution is 6.44. The summed E-state index contributed by atoms with van der Waals surface area (Å²) in [6, 6.07) is 2.01. The summed E-state index contributed by atoms with van der Waals surface area (Å²) in [5, 5.41) is 21.5. The van der Waals surface area contributed by atoms with E-state index in [0.29, 0.717) is 0 Å². The van der Waals surface area contributed by atoms with Gasteiger partial charge in [-0.25, -0.2) is 0 Å². The summed E-state index contributed by atoms with van der Waals surface area (Å²) in [5.74, 6) is -2.60. The predicted octanol–water partition coefficient (Wildman–Crippen LogP) is 2.35. The number of carbonyl (C=O) groups excluding carboxylic acids is 1. The van der Waals surface area contributed by atoms with Crippen molar-refractivity contribution in [2.45, 2.75) is 6.92 Å². The molecular formula is C11H10Cl2N2O5. The lowest BCUT2D eigenvalue weighted by Crippen LogP contribution is -2.31. The van der Waals surface area contributed by atoms with E-state index >= 15 is 0 Å². The minimum absolute atomic E-state index is 0.127. The summed E-state index contributed by atoms with van der Waals surface area (Å²) in [4.78, 5) is 32.5. The second kappa shape index (κ2) is 6.53. The lowest BCUT2D eigenvalue weighted by Gasteiger charge is -2.10. The molecule has 1 amide bonds. The average molecular weight is 321 g/mol. The molecule has 1 aromatic carbocycles. The number of rotatable bonds is 5. The third kappa shape index (κ3) is 3.82. The number of nitrogens with one attached hydrogen (secondary N) is 1. The first-order chi connectivity index (χ1) is 9.23. The van der Waals surface area contributed by atoms with Gasteiger partial charge in [-0.05, 0) is 0 Å². The second-order valence-corrected chi connectivity index (χ2v) is 4.78. The third-order valence-corrected chi connectivity index (χ3v) is 3.26. The summed E-state index contributed by atoms with van der Waals surface area (Å²) in [5.41, 5.74) is -0.556. The van der Waals surface area contributed by atoms with Crippen LogP contribution in [0.4, 0.5) is 5.69 Å². The number of nitro benzene ring substituents is 1. The first-order valence-corrected chi connectivity index (χ1v) is 6.14. The Morgan fingerprint density at radius 3 is 2.55 bits per heavy atom. The SMILES string of the molecule is CC(CNC(=O)c1cc([N+](=O)[O-])cc(Cl)c1Cl)C(=O)O. The Kier molecular flexibility index (Phi) is 5.29. The Balaban J connectivity index is 2.98. The molecule has 0 fully saturated rings. The number of amides is 1. The molecule has 0 aliphatic carbocycles. The van der Waals surface area contributed by atoms with Gasteiger partial charge in [0.2, 0.25) is 0 Å². The number of carboxylic acids is 1. The smallest absolute Gasteiger partial charge is 0.308 e. The Labute approximate surface area is 123 Å². The molecule has 2 N–H and O–H groups in total. The van der Waals surface area contributed by atoms with Gasteiger partial charge in [-0.1, -0.05) is 30.1 Å². The van der Waals surface area contributed by atoms with Crippen LogP contribution in [-0.4, -0.2) is 28.5 Å². The largest absolute Gasteiger partial charge is 0.481 e.